The van der Waals surface area contributed by atoms with Gasteiger partial charge >= 0.3 is 18.9 Å². The van der Waals surface area contributed by atoms with Gasteiger partial charge in [-0.05, 0) is 0 Å². The smallest absolute Gasteiger partial charge is 0.549 e. The van der Waals surface area contributed by atoms with Crippen LogP contribution in [0.5, 0.6) is 0 Å². The van der Waals surface area contributed by atoms with Crippen LogP contribution < -0.4 is 24.0 Å². The van der Waals surface area contributed by atoms with Crippen LogP contribution in [0.3, 0.4) is 0 Å². The third-order valence-electron chi connectivity index (χ3n) is 2.09. The number of piperidine rings is 1. The van der Waals surface area contributed by atoms with Crippen molar-refractivity contribution in [3.8, 4) is 0 Å². The van der Waals surface area contributed by atoms with Crippen LogP contribution in [0.4, 0.5) is 0 Å². The summed E-state index contributed by atoms with van der Waals surface area (Å²) < 4.78 is 0. The molecule has 5 heteroatoms. The van der Waals surface area contributed by atoms with Crippen molar-refractivity contribution in [2.75, 3.05) is 19.6 Å². The molecule has 66 valence electrons. The summed E-state index contributed by atoms with van der Waals surface area (Å²) in [6, 6.07) is 0.100. The van der Waals surface area contributed by atoms with Gasteiger partial charge in [0.2, 0.25) is 6.04 Å². The molecule has 1 rings (SSSR count). The zero-order valence-corrected chi connectivity index (χ0v) is 7.82. The van der Waals surface area contributed by atoms with E-state index in [1.165, 1.54) is 0 Å². The second kappa shape index (κ2) is 6.04. The Morgan fingerprint density at radius 2 is 2.08 bits per heavy atom. The van der Waals surface area contributed by atoms with Crippen LogP contribution in [0.25, 0.3) is 4.85 Å². The standard InChI is InChI=1S/C8H12N2O2.Li/c1-9-7-2-4-10(5-3-7)6-8(11)12;/h7H,2-6H2,(H,11,12);/q;+1/p-1. The number of carbonyl (C=O) groups is 1. The Bertz CT molecular complexity index is 207. The number of aliphatic carboxylic acids is 1. The first-order valence-electron chi connectivity index (χ1n) is 4.01. The average Bonchev–Trinajstić information content (AvgIpc) is 2.05. The first-order chi connectivity index (χ1) is 5.72. The molecule has 0 aliphatic carbocycles. The third kappa shape index (κ3) is 4.33. The van der Waals surface area contributed by atoms with Crippen LogP contribution in [-0.2, 0) is 4.79 Å². The number of carboxylic acid groups (broad SMARTS) is 1. The molecule has 1 fully saturated rings. The van der Waals surface area contributed by atoms with E-state index >= 15 is 0 Å². The maximum atomic E-state index is 10.2. The van der Waals surface area contributed by atoms with Gasteiger partial charge in [-0.25, -0.2) is 6.57 Å². The minimum Gasteiger partial charge on any atom is -0.549 e. The van der Waals surface area contributed by atoms with Gasteiger partial charge in [0.1, 0.15) is 0 Å². The number of hydrogen-bond acceptors (Lipinski definition) is 3. The molecule has 0 bridgehead atoms. The van der Waals surface area contributed by atoms with Gasteiger partial charge in [0.15, 0.2) is 0 Å². The molecular formula is C8H11LiN2O2. The molecule has 0 aromatic rings. The van der Waals surface area contributed by atoms with Crippen molar-refractivity contribution in [1.82, 2.24) is 4.90 Å². The quantitative estimate of drug-likeness (QED) is 0.318. The van der Waals surface area contributed by atoms with E-state index in [0.29, 0.717) is 13.1 Å². The van der Waals surface area contributed by atoms with Gasteiger partial charge in [0.05, 0.1) is 5.97 Å². The second-order valence-corrected chi connectivity index (χ2v) is 3.01. The fraction of sp³-hybridized carbons (Fsp3) is 0.750. The number of rotatable bonds is 2. The second-order valence-electron chi connectivity index (χ2n) is 3.01. The zero-order chi connectivity index (χ0) is 8.97. The van der Waals surface area contributed by atoms with Crippen molar-refractivity contribution >= 4 is 5.97 Å². The normalized spacial score (nSPS) is 18.7. The van der Waals surface area contributed by atoms with Gasteiger partial charge in [-0.3, -0.25) is 4.90 Å². The van der Waals surface area contributed by atoms with E-state index in [-0.39, 0.29) is 31.4 Å². The molecule has 0 N–H and O–H groups in total. The first-order valence-corrected chi connectivity index (χ1v) is 4.01. The molecule has 0 atom stereocenters. The summed E-state index contributed by atoms with van der Waals surface area (Å²) in [6.45, 7) is 8.21. The van der Waals surface area contributed by atoms with Crippen LogP contribution in [0.15, 0.2) is 0 Å². The fourth-order valence-electron chi connectivity index (χ4n) is 1.39. The van der Waals surface area contributed by atoms with Gasteiger partial charge in [0.25, 0.3) is 0 Å². The molecule has 0 radical (unpaired) electrons. The minimum atomic E-state index is -1.03. The van der Waals surface area contributed by atoms with Crippen LogP contribution in [0.2, 0.25) is 0 Å². The van der Waals surface area contributed by atoms with Crippen molar-refractivity contribution in [2.24, 2.45) is 0 Å². The van der Waals surface area contributed by atoms with Gasteiger partial charge in [-0.1, -0.05) is 0 Å². The van der Waals surface area contributed by atoms with Gasteiger partial charge in [-0.15, -0.1) is 0 Å². The average molecular weight is 174 g/mol. The van der Waals surface area contributed by atoms with E-state index < -0.39 is 5.97 Å². The maximum absolute atomic E-state index is 10.2. The molecule has 4 nitrogen and oxygen atoms in total. The molecule has 1 heterocycles. The summed E-state index contributed by atoms with van der Waals surface area (Å²) in [6.07, 6.45) is 1.58. The molecule has 1 saturated heterocycles. The molecule has 0 amide bonds. The molecule has 0 aromatic carbocycles. The Hall–Kier alpha value is -0.483. The molecular weight excluding hydrogens is 163 g/mol. The maximum Gasteiger partial charge on any atom is 1.00 e. The van der Waals surface area contributed by atoms with E-state index in [0.717, 1.165) is 12.8 Å². The van der Waals surface area contributed by atoms with E-state index in [1.807, 2.05) is 4.90 Å². The Balaban J connectivity index is 0.00000144. The summed E-state index contributed by atoms with van der Waals surface area (Å²) in [5.74, 6) is -1.03. The van der Waals surface area contributed by atoms with Crippen molar-refractivity contribution in [1.29, 1.82) is 0 Å². The van der Waals surface area contributed by atoms with Crippen LogP contribution in [0.1, 0.15) is 12.8 Å². The zero-order valence-electron chi connectivity index (χ0n) is 7.82. The number of hydrogen-bond donors (Lipinski definition) is 0. The predicted octanol–water partition coefficient (Wildman–Crippen LogP) is -3.88. The van der Waals surface area contributed by atoms with E-state index in [1.54, 1.807) is 0 Å². The molecule has 13 heavy (non-hydrogen) atoms. The van der Waals surface area contributed by atoms with Crippen molar-refractivity contribution in [3.63, 3.8) is 0 Å². The number of carboxylic acids is 1. The SMILES string of the molecule is [C-]#[N+]C1CCN(CC(=O)[O-])CC1.[Li+]. The number of nitrogens with zero attached hydrogens (tertiary/aromatic N) is 2. The Kier molecular flexibility index (Phi) is 5.82. The summed E-state index contributed by atoms with van der Waals surface area (Å²) in [7, 11) is 0. The van der Waals surface area contributed by atoms with Gasteiger partial charge < -0.3 is 14.7 Å². The van der Waals surface area contributed by atoms with E-state index in [9.17, 15) is 9.90 Å². The predicted molar refractivity (Wildman–Crippen MR) is 41.1 cm³/mol. The van der Waals surface area contributed by atoms with Crippen LogP contribution in [-0.4, -0.2) is 36.5 Å². The minimum absolute atomic E-state index is 0. The first kappa shape index (κ1) is 12.5. The van der Waals surface area contributed by atoms with Crippen LogP contribution in [0, 0.1) is 6.57 Å². The summed E-state index contributed by atoms with van der Waals surface area (Å²) >= 11 is 0. The summed E-state index contributed by atoms with van der Waals surface area (Å²) in [5.41, 5.74) is 0. The molecule has 0 unspecified atom stereocenters. The van der Waals surface area contributed by atoms with E-state index in [4.69, 9.17) is 6.57 Å². The van der Waals surface area contributed by atoms with Gasteiger partial charge in [-0.2, -0.15) is 0 Å². The number of carbonyl (C=O) groups excluding carboxylic acids is 1. The topological polar surface area (TPSA) is 47.7 Å². The molecule has 1 aliphatic rings. The third-order valence-corrected chi connectivity index (χ3v) is 2.09. The van der Waals surface area contributed by atoms with Crippen molar-refractivity contribution in [3.05, 3.63) is 11.4 Å². The molecule has 0 aromatic heterocycles. The Morgan fingerprint density at radius 3 is 2.46 bits per heavy atom. The van der Waals surface area contributed by atoms with Crippen molar-refractivity contribution in [2.45, 2.75) is 18.9 Å². The van der Waals surface area contributed by atoms with Crippen molar-refractivity contribution < 1.29 is 28.8 Å². The van der Waals surface area contributed by atoms with E-state index in [2.05, 4.69) is 4.85 Å². The van der Waals surface area contributed by atoms with Crippen LogP contribution >= 0.6 is 0 Å². The molecule has 0 saturated carbocycles. The molecule has 1 aliphatic heterocycles. The largest absolute Gasteiger partial charge is 1.00 e. The Morgan fingerprint density at radius 1 is 1.54 bits per heavy atom. The number of likely N-dealkylation sites (tertiary alicyclic amines) is 1. The van der Waals surface area contributed by atoms with Gasteiger partial charge in [0, 0.05) is 32.5 Å². The fourth-order valence-corrected chi connectivity index (χ4v) is 1.39. The summed E-state index contributed by atoms with van der Waals surface area (Å²) in [4.78, 5) is 15.4. The monoisotopic (exact) mass is 174 g/mol. The summed E-state index contributed by atoms with van der Waals surface area (Å²) in [5, 5.41) is 10.2. The Labute approximate surface area is 89.9 Å². The molecule has 0 spiro atoms.